The Morgan fingerprint density at radius 1 is 0.933 bits per heavy atom. The number of benzene rings is 1. The Balaban J connectivity index is 1.47. The molecule has 2 fully saturated rings. The molecule has 6 nitrogen and oxygen atoms in total. The van der Waals surface area contributed by atoms with Crippen molar-refractivity contribution in [1.82, 2.24) is 14.7 Å². The number of carbonyl (C=O) groups is 2. The average molecular weight is 416 g/mol. The van der Waals surface area contributed by atoms with Gasteiger partial charge in [0.15, 0.2) is 6.61 Å². The van der Waals surface area contributed by atoms with Gasteiger partial charge in [-0.2, -0.15) is 0 Å². The summed E-state index contributed by atoms with van der Waals surface area (Å²) in [4.78, 5) is 31.5. The van der Waals surface area contributed by atoms with Crippen LogP contribution in [-0.2, 0) is 9.59 Å². The predicted molar refractivity (Wildman–Crippen MR) is 119 cm³/mol. The van der Waals surface area contributed by atoms with E-state index in [0.29, 0.717) is 19.0 Å². The Bertz CT molecular complexity index is 709. The van der Waals surface area contributed by atoms with Crippen LogP contribution in [0.1, 0.15) is 57.9 Å². The highest BCUT2D eigenvalue weighted by Crippen LogP contribution is 2.28. The monoisotopic (exact) mass is 415 g/mol. The van der Waals surface area contributed by atoms with Crippen molar-refractivity contribution in [2.24, 2.45) is 0 Å². The molecule has 0 radical (unpaired) electrons. The second-order valence-electron chi connectivity index (χ2n) is 8.61. The van der Waals surface area contributed by atoms with Gasteiger partial charge >= 0.3 is 0 Å². The zero-order valence-electron chi connectivity index (χ0n) is 18.8. The van der Waals surface area contributed by atoms with Crippen molar-refractivity contribution in [2.75, 3.05) is 45.9 Å². The molecule has 0 bridgehead atoms. The standard InChI is InChI=1S/C24H37N3O3/c1-4-19(2)21-10-6-7-11-22(21)30-18-23(28)26-16-14-25(15-17-26)20(3)24(29)27-12-8-5-9-13-27/h6-7,10-11,19-20H,4-5,8-9,12-18H2,1-3H3. The van der Waals surface area contributed by atoms with E-state index >= 15 is 0 Å². The normalized spacial score (nSPS) is 20.0. The Morgan fingerprint density at radius 2 is 1.60 bits per heavy atom. The molecule has 30 heavy (non-hydrogen) atoms. The molecule has 166 valence electrons. The summed E-state index contributed by atoms with van der Waals surface area (Å²) >= 11 is 0. The Hall–Kier alpha value is -2.08. The number of para-hydroxylation sites is 1. The first-order valence-electron chi connectivity index (χ1n) is 11.5. The molecule has 2 saturated heterocycles. The summed E-state index contributed by atoms with van der Waals surface area (Å²) in [5.74, 6) is 1.46. The van der Waals surface area contributed by atoms with Crippen molar-refractivity contribution >= 4 is 11.8 Å². The lowest BCUT2D eigenvalue weighted by Crippen LogP contribution is -2.56. The molecule has 2 heterocycles. The van der Waals surface area contributed by atoms with E-state index in [1.165, 1.54) is 6.42 Å². The van der Waals surface area contributed by atoms with Crippen LogP contribution in [0.3, 0.4) is 0 Å². The lowest BCUT2D eigenvalue weighted by atomic mass is 9.98. The third kappa shape index (κ3) is 5.54. The quantitative estimate of drug-likeness (QED) is 0.687. The summed E-state index contributed by atoms with van der Waals surface area (Å²) in [6.07, 6.45) is 4.48. The lowest BCUT2D eigenvalue weighted by molar-refractivity contribution is -0.140. The first kappa shape index (κ1) is 22.6. The number of hydrogen-bond acceptors (Lipinski definition) is 4. The second kappa shape index (κ2) is 10.8. The van der Waals surface area contributed by atoms with Crippen LogP contribution < -0.4 is 4.74 Å². The van der Waals surface area contributed by atoms with Gasteiger partial charge in [-0.3, -0.25) is 14.5 Å². The van der Waals surface area contributed by atoms with E-state index in [9.17, 15) is 9.59 Å². The third-order valence-electron chi connectivity index (χ3n) is 6.65. The highest BCUT2D eigenvalue weighted by molar-refractivity contribution is 5.81. The fraction of sp³-hybridized carbons (Fsp3) is 0.667. The Kier molecular flexibility index (Phi) is 8.14. The summed E-state index contributed by atoms with van der Waals surface area (Å²) in [5.41, 5.74) is 1.16. The van der Waals surface area contributed by atoms with Crippen molar-refractivity contribution in [3.8, 4) is 5.75 Å². The van der Waals surface area contributed by atoms with Crippen molar-refractivity contribution in [2.45, 2.75) is 58.4 Å². The molecular weight excluding hydrogens is 378 g/mol. The maximum Gasteiger partial charge on any atom is 0.260 e. The molecule has 2 atom stereocenters. The molecule has 2 aliphatic heterocycles. The fourth-order valence-corrected chi connectivity index (χ4v) is 4.36. The first-order chi connectivity index (χ1) is 14.5. The van der Waals surface area contributed by atoms with Crippen LogP contribution in [0.25, 0.3) is 0 Å². The molecule has 6 heteroatoms. The van der Waals surface area contributed by atoms with Gasteiger partial charge in [-0.1, -0.05) is 32.0 Å². The number of amides is 2. The van der Waals surface area contributed by atoms with E-state index in [1.807, 2.05) is 34.9 Å². The van der Waals surface area contributed by atoms with Gasteiger partial charge in [0.25, 0.3) is 5.91 Å². The van der Waals surface area contributed by atoms with Crippen LogP contribution in [-0.4, -0.2) is 78.4 Å². The molecular formula is C24H37N3O3. The summed E-state index contributed by atoms with van der Waals surface area (Å²) in [6, 6.07) is 7.88. The van der Waals surface area contributed by atoms with Gasteiger partial charge in [0, 0.05) is 39.3 Å². The fourth-order valence-electron chi connectivity index (χ4n) is 4.36. The van der Waals surface area contributed by atoms with E-state index in [4.69, 9.17) is 4.74 Å². The average Bonchev–Trinajstić information content (AvgIpc) is 2.82. The molecule has 1 aromatic carbocycles. The smallest absolute Gasteiger partial charge is 0.260 e. The highest BCUT2D eigenvalue weighted by Gasteiger charge is 2.30. The van der Waals surface area contributed by atoms with Crippen LogP contribution in [0.4, 0.5) is 0 Å². The minimum atomic E-state index is -0.112. The molecule has 0 spiro atoms. The zero-order chi connectivity index (χ0) is 21.5. The maximum atomic E-state index is 12.8. The number of rotatable bonds is 7. The summed E-state index contributed by atoms with van der Waals surface area (Å²) in [7, 11) is 0. The molecule has 0 N–H and O–H groups in total. The molecule has 0 aliphatic carbocycles. The lowest BCUT2D eigenvalue weighted by Gasteiger charge is -2.39. The van der Waals surface area contributed by atoms with E-state index in [1.54, 1.807) is 0 Å². The summed E-state index contributed by atoms with van der Waals surface area (Å²) in [5, 5.41) is 0. The van der Waals surface area contributed by atoms with E-state index in [-0.39, 0.29) is 24.5 Å². The highest BCUT2D eigenvalue weighted by atomic mass is 16.5. The van der Waals surface area contributed by atoms with Gasteiger partial charge in [-0.05, 0) is 50.2 Å². The van der Waals surface area contributed by atoms with Crippen LogP contribution in [0.2, 0.25) is 0 Å². The minimum absolute atomic E-state index is 0.0172. The Morgan fingerprint density at radius 3 is 2.27 bits per heavy atom. The van der Waals surface area contributed by atoms with Crippen molar-refractivity contribution in [1.29, 1.82) is 0 Å². The van der Waals surface area contributed by atoms with E-state index in [0.717, 1.165) is 56.8 Å². The predicted octanol–water partition coefficient (Wildman–Crippen LogP) is 3.12. The van der Waals surface area contributed by atoms with Crippen LogP contribution in [0, 0.1) is 0 Å². The first-order valence-corrected chi connectivity index (χ1v) is 11.5. The number of piperazine rings is 1. The number of piperidine rings is 1. The number of likely N-dealkylation sites (tertiary alicyclic amines) is 1. The zero-order valence-corrected chi connectivity index (χ0v) is 18.8. The molecule has 2 unspecified atom stereocenters. The number of nitrogens with zero attached hydrogens (tertiary/aromatic N) is 3. The topological polar surface area (TPSA) is 53.1 Å². The Labute approximate surface area is 181 Å². The summed E-state index contributed by atoms with van der Waals surface area (Å²) < 4.78 is 5.90. The van der Waals surface area contributed by atoms with Gasteiger partial charge in [0.1, 0.15) is 5.75 Å². The van der Waals surface area contributed by atoms with Crippen molar-refractivity contribution in [3.05, 3.63) is 29.8 Å². The number of carbonyl (C=O) groups excluding carboxylic acids is 2. The van der Waals surface area contributed by atoms with Crippen LogP contribution in [0.15, 0.2) is 24.3 Å². The molecule has 2 amide bonds. The van der Waals surface area contributed by atoms with Gasteiger partial charge in [0.2, 0.25) is 5.91 Å². The van der Waals surface area contributed by atoms with E-state index in [2.05, 4.69) is 24.8 Å². The molecule has 3 rings (SSSR count). The van der Waals surface area contributed by atoms with Gasteiger partial charge in [-0.25, -0.2) is 0 Å². The molecule has 0 aromatic heterocycles. The van der Waals surface area contributed by atoms with Crippen LogP contribution in [0.5, 0.6) is 5.75 Å². The maximum absolute atomic E-state index is 12.8. The summed E-state index contributed by atoms with van der Waals surface area (Å²) in [6.45, 7) is 10.9. The van der Waals surface area contributed by atoms with Crippen LogP contribution >= 0.6 is 0 Å². The van der Waals surface area contributed by atoms with Crippen molar-refractivity contribution in [3.63, 3.8) is 0 Å². The number of ether oxygens (including phenoxy) is 1. The SMILES string of the molecule is CCC(C)c1ccccc1OCC(=O)N1CCN(C(C)C(=O)N2CCCCC2)CC1. The second-order valence-corrected chi connectivity index (χ2v) is 8.61. The van der Waals surface area contributed by atoms with Gasteiger partial charge in [0.05, 0.1) is 6.04 Å². The van der Waals surface area contributed by atoms with Gasteiger partial charge < -0.3 is 14.5 Å². The minimum Gasteiger partial charge on any atom is -0.483 e. The van der Waals surface area contributed by atoms with E-state index < -0.39 is 0 Å². The third-order valence-corrected chi connectivity index (χ3v) is 6.65. The van der Waals surface area contributed by atoms with Gasteiger partial charge in [-0.15, -0.1) is 0 Å². The largest absolute Gasteiger partial charge is 0.483 e. The van der Waals surface area contributed by atoms with Crippen molar-refractivity contribution < 1.29 is 14.3 Å². The number of hydrogen-bond donors (Lipinski definition) is 0. The molecule has 0 saturated carbocycles. The molecule has 2 aliphatic rings. The molecule has 1 aromatic rings.